The van der Waals surface area contributed by atoms with Gasteiger partial charge >= 0.3 is 6.61 Å². The topological polar surface area (TPSA) is 70.3 Å². The highest BCUT2D eigenvalue weighted by Gasteiger charge is 2.13. The van der Waals surface area contributed by atoms with Crippen molar-refractivity contribution in [3.05, 3.63) is 30.0 Å². The standard InChI is InChI=1S/C14H15F2N3O2/c1-3-20-11-7-9(4-5-10(11)21-14(15)16)13-18-8(2)6-12(17)19-13/h4-7,14H,3H2,1-2H3,(H2,17,18,19). The Labute approximate surface area is 120 Å². The van der Waals surface area contributed by atoms with E-state index in [0.29, 0.717) is 29.5 Å². The number of ether oxygens (including phenoxy) is 2. The molecule has 0 saturated heterocycles. The molecule has 7 heteroatoms. The monoisotopic (exact) mass is 295 g/mol. The smallest absolute Gasteiger partial charge is 0.387 e. The maximum atomic E-state index is 12.4. The fourth-order valence-electron chi connectivity index (χ4n) is 1.83. The van der Waals surface area contributed by atoms with E-state index >= 15 is 0 Å². The first-order valence-corrected chi connectivity index (χ1v) is 6.32. The molecule has 0 radical (unpaired) electrons. The minimum absolute atomic E-state index is 0.0313. The van der Waals surface area contributed by atoms with Gasteiger partial charge in [-0.1, -0.05) is 0 Å². The summed E-state index contributed by atoms with van der Waals surface area (Å²) in [5, 5.41) is 0. The lowest BCUT2D eigenvalue weighted by molar-refractivity contribution is -0.0514. The minimum atomic E-state index is -2.92. The second-order valence-corrected chi connectivity index (χ2v) is 4.23. The van der Waals surface area contributed by atoms with Crippen LogP contribution in [-0.4, -0.2) is 23.2 Å². The summed E-state index contributed by atoms with van der Waals surface area (Å²) in [6.07, 6.45) is 0. The number of aromatic nitrogens is 2. The quantitative estimate of drug-likeness (QED) is 0.918. The molecule has 2 aromatic rings. The molecular formula is C14H15F2N3O2. The highest BCUT2D eigenvalue weighted by molar-refractivity contribution is 5.62. The van der Waals surface area contributed by atoms with Gasteiger partial charge in [0.15, 0.2) is 17.3 Å². The summed E-state index contributed by atoms with van der Waals surface area (Å²) < 4.78 is 34.4. The van der Waals surface area contributed by atoms with Crippen LogP contribution >= 0.6 is 0 Å². The van der Waals surface area contributed by atoms with Crippen molar-refractivity contribution in [3.63, 3.8) is 0 Å². The number of nitrogens with two attached hydrogens (primary N) is 1. The molecule has 1 aromatic carbocycles. The van der Waals surface area contributed by atoms with Gasteiger partial charge < -0.3 is 15.2 Å². The summed E-state index contributed by atoms with van der Waals surface area (Å²) in [7, 11) is 0. The minimum Gasteiger partial charge on any atom is -0.490 e. The Bertz CT molecular complexity index is 615. The van der Waals surface area contributed by atoms with Crippen LogP contribution in [0.15, 0.2) is 24.3 Å². The number of aryl methyl sites for hydroxylation is 1. The van der Waals surface area contributed by atoms with Gasteiger partial charge in [-0.15, -0.1) is 0 Å². The third-order valence-corrected chi connectivity index (χ3v) is 2.59. The molecule has 5 nitrogen and oxygen atoms in total. The molecule has 0 spiro atoms. The molecule has 0 amide bonds. The fraction of sp³-hybridized carbons (Fsp3) is 0.286. The molecule has 0 bridgehead atoms. The van der Waals surface area contributed by atoms with Crippen molar-refractivity contribution in [2.24, 2.45) is 0 Å². The fourth-order valence-corrected chi connectivity index (χ4v) is 1.83. The van der Waals surface area contributed by atoms with Crippen molar-refractivity contribution < 1.29 is 18.3 Å². The van der Waals surface area contributed by atoms with E-state index < -0.39 is 6.61 Å². The zero-order valence-electron chi connectivity index (χ0n) is 11.6. The first-order chi connectivity index (χ1) is 9.99. The summed E-state index contributed by atoms with van der Waals surface area (Å²) in [6, 6.07) is 6.17. The molecule has 2 rings (SSSR count). The molecule has 0 aliphatic heterocycles. The third kappa shape index (κ3) is 3.77. The Balaban J connectivity index is 2.43. The maximum absolute atomic E-state index is 12.4. The van der Waals surface area contributed by atoms with Crippen LogP contribution in [0, 0.1) is 6.92 Å². The molecule has 0 aliphatic carbocycles. The number of anilines is 1. The van der Waals surface area contributed by atoms with Crippen molar-refractivity contribution in [2.45, 2.75) is 20.5 Å². The number of hydrogen-bond acceptors (Lipinski definition) is 5. The van der Waals surface area contributed by atoms with Gasteiger partial charge in [0.25, 0.3) is 0 Å². The Hall–Kier alpha value is -2.44. The van der Waals surface area contributed by atoms with Gasteiger partial charge in [-0.3, -0.25) is 0 Å². The van der Waals surface area contributed by atoms with E-state index in [9.17, 15) is 8.78 Å². The lowest BCUT2D eigenvalue weighted by atomic mass is 10.2. The van der Waals surface area contributed by atoms with Gasteiger partial charge in [0, 0.05) is 17.3 Å². The van der Waals surface area contributed by atoms with Crippen molar-refractivity contribution in [1.82, 2.24) is 9.97 Å². The maximum Gasteiger partial charge on any atom is 0.387 e. The van der Waals surface area contributed by atoms with Gasteiger partial charge in [-0.25, -0.2) is 9.97 Å². The zero-order chi connectivity index (χ0) is 15.4. The molecule has 1 aromatic heterocycles. The zero-order valence-corrected chi connectivity index (χ0v) is 11.6. The lowest BCUT2D eigenvalue weighted by Crippen LogP contribution is -2.05. The number of alkyl halides is 2. The van der Waals surface area contributed by atoms with Crippen LogP contribution in [0.4, 0.5) is 14.6 Å². The van der Waals surface area contributed by atoms with Crippen LogP contribution in [-0.2, 0) is 0 Å². The number of benzene rings is 1. The van der Waals surface area contributed by atoms with E-state index in [-0.39, 0.29) is 11.5 Å². The normalized spacial score (nSPS) is 10.7. The van der Waals surface area contributed by atoms with Gasteiger partial charge in [0.05, 0.1) is 6.61 Å². The van der Waals surface area contributed by atoms with Gasteiger partial charge in [-0.05, 0) is 32.0 Å². The van der Waals surface area contributed by atoms with E-state index in [0.717, 1.165) is 0 Å². The van der Waals surface area contributed by atoms with E-state index in [2.05, 4.69) is 14.7 Å². The van der Waals surface area contributed by atoms with E-state index in [4.69, 9.17) is 10.5 Å². The summed E-state index contributed by atoms with van der Waals surface area (Å²) in [4.78, 5) is 8.38. The van der Waals surface area contributed by atoms with E-state index in [1.165, 1.54) is 6.07 Å². The number of halogens is 2. The van der Waals surface area contributed by atoms with Crippen molar-refractivity contribution in [1.29, 1.82) is 0 Å². The molecule has 0 saturated carbocycles. The number of hydrogen-bond donors (Lipinski definition) is 1. The molecule has 2 N–H and O–H groups in total. The Kier molecular flexibility index (Phi) is 4.52. The summed E-state index contributed by atoms with van der Waals surface area (Å²) in [5.74, 6) is 0.913. The summed E-state index contributed by atoms with van der Waals surface area (Å²) in [6.45, 7) is 0.944. The first-order valence-electron chi connectivity index (χ1n) is 6.32. The van der Waals surface area contributed by atoms with Crippen molar-refractivity contribution in [2.75, 3.05) is 12.3 Å². The second kappa shape index (κ2) is 6.34. The molecule has 0 fully saturated rings. The highest BCUT2D eigenvalue weighted by Crippen LogP contribution is 2.33. The molecule has 112 valence electrons. The summed E-state index contributed by atoms with van der Waals surface area (Å²) >= 11 is 0. The first kappa shape index (κ1) is 15.0. The van der Waals surface area contributed by atoms with Crippen LogP contribution in [0.1, 0.15) is 12.6 Å². The number of rotatable bonds is 5. The Morgan fingerprint density at radius 1 is 1.19 bits per heavy atom. The Morgan fingerprint density at radius 3 is 2.57 bits per heavy atom. The van der Waals surface area contributed by atoms with Gasteiger partial charge in [-0.2, -0.15) is 8.78 Å². The van der Waals surface area contributed by atoms with Crippen LogP contribution in [0.2, 0.25) is 0 Å². The molecule has 1 heterocycles. The summed E-state index contributed by atoms with van der Waals surface area (Å²) in [5.41, 5.74) is 7.00. The average Bonchev–Trinajstić information content (AvgIpc) is 2.39. The SMILES string of the molecule is CCOc1cc(-c2nc(C)cc(N)n2)ccc1OC(F)F. The number of nitrogen functional groups attached to an aromatic ring is 1. The largest absolute Gasteiger partial charge is 0.490 e. The molecule has 21 heavy (non-hydrogen) atoms. The predicted octanol–water partition coefficient (Wildman–Crippen LogP) is 3.03. The van der Waals surface area contributed by atoms with Gasteiger partial charge in [0.2, 0.25) is 0 Å². The number of nitrogens with zero attached hydrogens (tertiary/aromatic N) is 2. The molecular weight excluding hydrogens is 280 g/mol. The highest BCUT2D eigenvalue weighted by atomic mass is 19.3. The van der Waals surface area contributed by atoms with Crippen molar-refractivity contribution in [3.8, 4) is 22.9 Å². The van der Waals surface area contributed by atoms with Crippen LogP contribution in [0.5, 0.6) is 11.5 Å². The van der Waals surface area contributed by atoms with E-state index in [1.54, 1.807) is 32.0 Å². The third-order valence-electron chi connectivity index (χ3n) is 2.59. The average molecular weight is 295 g/mol. The van der Waals surface area contributed by atoms with Crippen LogP contribution in [0.25, 0.3) is 11.4 Å². The molecule has 0 unspecified atom stereocenters. The molecule has 0 atom stereocenters. The van der Waals surface area contributed by atoms with Crippen LogP contribution in [0.3, 0.4) is 0 Å². The lowest BCUT2D eigenvalue weighted by Gasteiger charge is -2.12. The van der Waals surface area contributed by atoms with Crippen molar-refractivity contribution >= 4 is 5.82 Å². The predicted molar refractivity (Wildman–Crippen MR) is 74.4 cm³/mol. The Morgan fingerprint density at radius 2 is 1.95 bits per heavy atom. The van der Waals surface area contributed by atoms with Crippen LogP contribution < -0.4 is 15.2 Å². The second-order valence-electron chi connectivity index (χ2n) is 4.23. The van der Waals surface area contributed by atoms with Gasteiger partial charge in [0.1, 0.15) is 5.82 Å². The van der Waals surface area contributed by atoms with E-state index in [1.807, 2.05) is 0 Å². The molecule has 0 aliphatic rings.